The van der Waals surface area contributed by atoms with Gasteiger partial charge in [0, 0.05) is 0 Å². The first-order valence-electron chi connectivity index (χ1n) is 8.12. The van der Waals surface area contributed by atoms with Gasteiger partial charge in [-0.25, -0.2) is 9.18 Å². The lowest BCUT2D eigenvalue weighted by Crippen LogP contribution is -2.36. The Labute approximate surface area is 155 Å². The highest BCUT2D eigenvalue weighted by Gasteiger charge is 2.23. The Morgan fingerprint density at radius 1 is 1.15 bits per heavy atom. The Balaban J connectivity index is 1.81. The molecule has 0 spiro atoms. The maximum Gasteiger partial charge on any atom is 0.330 e. The second kappa shape index (κ2) is 10.1. The number of carboxylic acid groups (broad SMARTS) is 1. The summed E-state index contributed by atoms with van der Waals surface area (Å²) in [5.41, 5.74) is 0.0848. The summed E-state index contributed by atoms with van der Waals surface area (Å²) in [7, 11) is 1.30. The molecule has 1 atom stereocenters. The molecule has 0 fully saturated rings. The molecule has 8 heteroatoms. The monoisotopic (exact) mass is 377 g/mol. The highest BCUT2D eigenvalue weighted by Crippen LogP contribution is 2.22. The number of aliphatic carboxylic acids is 1. The molecule has 0 bridgehead atoms. The molecule has 0 aliphatic carbocycles. The lowest BCUT2D eigenvalue weighted by Gasteiger charge is -2.16. The number of carbonyl (C=O) groups excluding carboxylic acids is 1. The van der Waals surface area contributed by atoms with E-state index in [0.717, 1.165) is 6.07 Å². The summed E-state index contributed by atoms with van der Waals surface area (Å²) in [5, 5.41) is 11.6. The van der Waals surface area contributed by atoms with Gasteiger partial charge in [0.25, 0.3) is 0 Å². The fourth-order valence-electron chi connectivity index (χ4n) is 2.25. The fraction of sp³-hybridized carbons (Fsp3) is 0.263. The van der Waals surface area contributed by atoms with Crippen LogP contribution in [0.5, 0.6) is 11.5 Å². The third kappa shape index (κ3) is 6.27. The third-order valence-corrected chi connectivity index (χ3v) is 3.53. The summed E-state index contributed by atoms with van der Waals surface area (Å²) < 4.78 is 29.1. The van der Waals surface area contributed by atoms with Gasteiger partial charge in [-0.15, -0.1) is 0 Å². The molecule has 2 aromatic rings. The number of methoxy groups -OCH3 is 1. The van der Waals surface area contributed by atoms with E-state index < -0.39 is 23.7 Å². The zero-order chi connectivity index (χ0) is 19.6. The van der Waals surface area contributed by atoms with E-state index in [4.69, 9.17) is 14.2 Å². The fourth-order valence-corrected chi connectivity index (χ4v) is 2.25. The number of benzene rings is 2. The minimum absolute atomic E-state index is 0.0176. The SMILES string of the molecule is COc1ccc(C(NC(=O)COCCOc2ccccc2)C(=O)O)cc1F. The topological polar surface area (TPSA) is 94.1 Å². The molecule has 2 N–H and O–H groups in total. The predicted molar refractivity (Wildman–Crippen MR) is 94.2 cm³/mol. The Morgan fingerprint density at radius 3 is 2.52 bits per heavy atom. The Bertz CT molecular complexity index is 768. The van der Waals surface area contributed by atoms with Crippen LogP contribution in [0.3, 0.4) is 0 Å². The van der Waals surface area contributed by atoms with Crippen molar-refractivity contribution < 1.29 is 33.3 Å². The minimum Gasteiger partial charge on any atom is -0.494 e. The largest absolute Gasteiger partial charge is 0.494 e. The number of carbonyl (C=O) groups is 2. The standard InChI is InChI=1S/C19H20FNO6/c1-25-16-8-7-13(11-15(16)20)18(19(23)24)21-17(22)12-26-9-10-27-14-5-3-2-4-6-14/h2-8,11,18H,9-10,12H2,1H3,(H,21,22)(H,23,24). The van der Waals surface area contributed by atoms with Gasteiger partial charge in [0.2, 0.25) is 5.91 Å². The highest BCUT2D eigenvalue weighted by molar-refractivity contribution is 5.85. The van der Waals surface area contributed by atoms with Crippen molar-refractivity contribution >= 4 is 11.9 Å². The van der Waals surface area contributed by atoms with E-state index in [1.807, 2.05) is 18.2 Å². The number of halogens is 1. The molecule has 0 aliphatic rings. The normalized spacial score (nSPS) is 11.5. The molecule has 0 saturated heterocycles. The molecule has 0 heterocycles. The van der Waals surface area contributed by atoms with Gasteiger partial charge in [0.1, 0.15) is 19.0 Å². The smallest absolute Gasteiger partial charge is 0.330 e. The van der Waals surface area contributed by atoms with Crippen molar-refractivity contribution in [3.05, 3.63) is 59.9 Å². The van der Waals surface area contributed by atoms with Crippen molar-refractivity contribution in [2.24, 2.45) is 0 Å². The molecular formula is C19H20FNO6. The molecule has 1 unspecified atom stereocenters. The number of para-hydroxylation sites is 1. The van der Waals surface area contributed by atoms with Crippen LogP contribution in [0.15, 0.2) is 48.5 Å². The summed E-state index contributed by atoms with van der Waals surface area (Å²) in [6.45, 7) is 0.0428. The minimum atomic E-state index is -1.40. The van der Waals surface area contributed by atoms with E-state index in [-0.39, 0.29) is 31.1 Å². The summed E-state index contributed by atoms with van der Waals surface area (Å²) in [4.78, 5) is 23.3. The summed E-state index contributed by atoms with van der Waals surface area (Å²) >= 11 is 0. The predicted octanol–water partition coefficient (Wildman–Crippen LogP) is 2.17. The van der Waals surface area contributed by atoms with Gasteiger partial charge in [-0.3, -0.25) is 4.79 Å². The number of rotatable bonds is 10. The van der Waals surface area contributed by atoms with Crippen molar-refractivity contribution in [3.8, 4) is 11.5 Å². The number of ether oxygens (including phenoxy) is 3. The molecule has 2 aromatic carbocycles. The average Bonchev–Trinajstić information content (AvgIpc) is 2.66. The lowest BCUT2D eigenvalue weighted by atomic mass is 10.1. The van der Waals surface area contributed by atoms with Gasteiger partial charge in [-0.2, -0.15) is 0 Å². The van der Waals surface area contributed by atoms with Crippen molar-refractivity contribution in [1.29, 1.82) is 0 Å². The van der Waals surface area contributed by atoms with Crippen LogP contribution in [0, 0.1) is 5.82 Å². The average molecular weight is 377 g/mol. The van der Waals surface area contributed by atoms with E-state index >= 15 is 0 Å². The van der Waals surface area contributed by atoms with Crippen LogP contribution in [0.4, 0.5) is 4.39 Å². The van der Waals surface area contributed by atoms with E-state index in [2.05, 4.69) is 5.32 Å². The van der Waals surface area contributed by atoms with Gasteiger partial charge >= 0.3 is 5.97 Å². The number of amides is 1. The zero-order valence-electron chi connectivity index (χ0n) is 14.7. The zero-order valence-corrected chi connectivity index (χ0v) is 14.7. The Hall–Kier alpha value is -3.13. The van der Waals surface area contributed by atoms with Gasteiger partial charge in [-0.05, 0) is 29.8 Å². The number of hydrogen-bond acceptors (Lipinski definition) is 5. The van der Waals surface area contributed by atoms with Crippen LogP contribution >= 0.6 is 0 Å². The second-order valence-electron chi connectivity index (χ2n) is 5.45. The molecule has 144 valence electrons. The molecule has 0 aliphatic heterocycles. The van der Waals surface area contributed by atoms with E-state index in [0.29, 0.717) is 5.75 Å². The van der Waals surface area contributed by atoms with E-state index in [1.54, 1.807) is 12.1 Å². The quantitative estimate of drug-likeness (QED) is 0.617. The Kier molecular flexibility index (Phi) is 7.57. The number of nitrogens with one attached hydrogen (secondary N) is 1. The first-order chi connectivity index (χ1) is 13.0. The van der Waals surface area contributed by atoms with Crippen molar-refractivity contribution in [1.82, 2.24) is 5.32 Å². The van der Waals surface area contributed by atoms with Crippen LogP contribution < -0.4 is 14.8 Å². The van der Waals surface area contributed by atoms with Crippen LogP contribution in [-0.2, 0) is 14.3 Å². The van der Waals surface area contributed by atoms with Gasteiger partial charge in [0.15, 0.2) is 17.6 Å². The summed E-state index contributed by atoms with van der Waals surface area (Å²) in [6, 6.07) is 11.4. The number of carboxylic acids is 1. The first-order valence-corrected chi connectivity index (χ1v) is 8.12. The van der Waals surface area contributed by atoms with Gasteiger partial charge in [0.05, 0.1) is 13.7 Å². The van der Waals surface area contributed by atoms with Crippen molar-refractivity contribution in [2.75, 3.05) is 26.9 Å². The Morgan fingerprint density at radius 2 is 1.89 bits per heavy atom. The van der Waals surface area contributed by atoms with Crippen molar-refractivity contribution in [3.63, 3.8) is 0 Å². The van der Waals surface area contributed by atoms with E-state index in [1.165, 1.54) is 19.2 Å². The maximum absolute atomic E-state index is 13.8. The molecule has 0 aromatic heterocycles. The molecule has 2 rings (SSSR count). The van der Waals surface area contributed by atoms with Crippen LogP contribution in [-0.4, -0.2) is 43.9 Å². The van der Waals surface area contributed by atoms with Crippen LogP contribution in [0.1, 0.15) is 11.6 Å². The maximum atomic E-state index is 13.8. The highest BCUT2D eigenvalue weighted by atomic mass is 19.1. The third-order valence-electron chi connectivity index (χ3n) is 3.53. The molecule has 7 nitrogen and oxygen atoms in total. The molecule has 1 amide bonds. The molecule has 0 saturated carbocycles. The summed E-state index contributed by atoms with van der Waals surface area (Å²) in [6.07, 6.45) is 0. The van der Waals surface area contributed by atoms with Gasteiger partial charge < -0.3 is 24.6 Å². The first kappa shape index (κ1) is 20.2. The van der Waals surface area contributed by atoms with Crippen LogP contribution in [0.25, 0.3) is 0 Å². The molecular weight excluding hydrogens is 357 g/mol. The molecule has 0 radical (unpaired) electrons. The van der Waals surface area contributed by atoms with Gasteiger partial charge in [-0.1, -0.05) is 24.3 Å². The van der Waals surface area contributed by atoms with E-state index in [9.17, 15) is 19.1 Å². The number of hydrogen-bond donors (Lipinski definition) is 2. The molecule has 27 heavy (non-hydrogen) atoms. The lowest BCUT2D eigenvalue weighted by molar-refractivity contribution is -0.142. The second-order valence-corrected chi connectivity index (χ2v) is 5.45. The van der Waals surface area contributed by atoms with Crippen LogP contribution in [0.2, 0.25) is 0 Å². The van der Waals surface area contributed by atoms with Crippen molar-refractivity contribution in [2.45, 2.75) is 6.04 Å². The summed E-state index contributed by atoms with van der Waals surface area (Å²) in [5.74, 6) is -2.02.